The number of hydrogen-bond donors (Lipinski definition) is 1. The molecule has 0 aliphatic carbocycles. The van der Waals surface area contributed by atoms with Gasteiger partial charge in [-0.25, -0.2) is 14.6 Å². The number of aromatic nitrogens is 4. The van der Waals surface area contributed by atoms with Crippen molar-refractivity contribution in [3.05, 3.63) is 123 Å². The summed E-state index contributed by atoms with van der Waals surface area (Å²) < 4.78 is 25.7. The van der Waals surface area contributed by atoms with Gasteiger partial charge < -0.3 is 23.7 Å². The molecule has 0 fully saturated rings. The molecule has 0 unspecified atom stereocenters. The van der Waals surface area contributed by atoms with E-state index < -0.39 is 5.97 Å². The van der Waals surface area contributed by atoms with Crippen molar-refractivity contribution < 1.29 is 28.5 Å². The Morgan fingerprint density at radius 3 is 2.40 bits per heavy atom. The van der Waals surface area contributed by atoms with E-state index in [9.17, 15) is 4.79 Å². The fraction of sp³-hybridized carbons (Fsp3) is 0.231. The van der Waals surface area contributed by atoms with Crippen molar-refractivity contribution in [3.63, 3.8) is 0 Å². The highest BCUT2D eigenvalue weighted by molar-refractivity contribution is 7.09. The van der Waals surface area contributed by atoms with Gasteiger partial charge in [0.15, 0.2) is 11.5 Å². The highest BCUT2D eigenvalue weighted by Crippen LogP contribution is 2.32. The average Bonchev–Trinajstić information content (AvgIpc) is 3.85. The molecule has 0 saturated heterocycles. The number of methoxy groups -OCH3 is 1. The van der Waals surface area contributed by atoms with Crippen LogP contribution in [0.5, 0.6) is 17.4 Å². The fourth-order valence-electron chi connectivity index (χ4n) is 5.04. The first-order valence-electron chi connectivity index (χ1n) is 16.0. The van der Waals surface area contributed by atoms with Gasteiger partial charge in [-0.15, -0.1) is 16.4 Å². The highest BCUT2D eigenvalue weighted by Gasteiger charge is 2.18. The Labute approximate surface area is 294 Å². The third-order valence-electron chi connectivity index (χ3n) is 7.74. The lowest BCUT2D eigenvalue weighted by Crippen LogP contribution is -2.10. The summed E-state index contributed by atoms with van der Waals surface area (Å²) in [5.41, 5.74) is 5.60. The van der Waals surface area contributed by atoms with E-state index in [4.69, 9.17) is 33.8 Å². The van der Waals surface area contributed by atoms with Gasteiger partial charge in [-0.05, 0) is 66.6 Å². The second-order valence-electron chi connectivity index (χ2n) is 12.7. The predicted octanol–water partition coefficient (Wildman–Crippen LogP) is 8.55. The van der Waals surface area contributed by atoms with Crippen LogP contribution in [0.3, 0.4) is 0 Å². The third kappa shape index (κ3) is 8.30. The first-order chi connectivity index (χ1) is 24.1. The van der Waals surface area contributed by atoms with Crippen LogP contribution in [0.4, 0.5) is 0 Å². The maximum Gasteiger partial charge on any atom is 0.307 e. The Morgan fingerprint density at radius 1 is 0.940 bits per heavy atom. The van der Waals surface area contributed by atoms with E-state index >= 15 is 0 Å². The van der Waals surface area contributed by atoms with Crippen molar-refractivity contribution in [2.75, 3.05) is 7.11 Å². The highest BCUT2D eigenvalue weighted by atomic mass is 32.1. The van der Waals surface area contributed by atoms with Crippen LogP contribution in [0.2, 0.25) is 0 Å². The minimum absolute atomic E-state index is 0.0102. The van der Waals surface area contributed by atoms with Crippen molar-refractivity contribution in [1.29, 1.82) is 0 Å². The van der Waals surface area contributed by atoms with Crippen molar-refractivity contribution in [3.8, 4) is 34.5 Å². The van der Waals surface area contributed by atoms with Crippen molar-refractivity contribution in [2.24, 2.45) is 0 Å². The number of carboxylic acid groups (broad SMARTS) is 1. The number of aliphatic carboxylic acids is 1. The van der Waals surface area contributed by atoms with Crippen LogP contribution in [0.15, 0.2) is 88.8 Å². The molecule has 6 aromatic rings. The Morgan fingerprint density at radius 2 is 1.70 bits per heavy atom. The number of para-hydroxylation sites is 1. The zero-order valence-electron chi connectivity index (χ0n) is 28.5. The lowest BCUT2D eigenvalue weighted by atomic mass is 9.98. The van der Waals surface area contributed by atoms with Crippen LogP contribution in [0, 0.1) is 6.92 Å². The van der Waals surface area contributed by atoms with Gasteiger partial charge in [0.1, 0.15) is 24.7 Å². The molecule has 0 atom stereocenters. The van der Waals surface area contributed by atoms with E-state index in [2.05, 4.69) is 31.1 Å². The largest absolute Gasteiger partial charge is 0.493 e. The molecule has 0 saturated carbocycles. The zero-order valence-corrected chi connectivity index (χ0v) is 29.4. The van der Waals surface area contributed by atoms with E-state index in [1.807, 2.05) is 73.8 Å². The molecule has 50 heavy (non-hydrogen) atoms. The molecule has 0 amide bonds. The van der Waals surface area contributed by atoms with Gasteiger partial charge in [-0.1, -0.05) is 57.2 Å². The molecule has 0 radical (unpaired) electrons. The quantitative estimate of drug-likeness (QED) is 0.127. The number of thiazole rings is 1. The molecular weight excluding hydrogens is 653 g/mol. The van der Waals surface area contributed by atoms with E-state index in [0.717, 1.165) is 33.1 Å². The summed E-state index contributed by atoms with van der Waals surface area (Å²) in [6, 6.07) is 22.6. The van der Waals surface area contributed by atoms with Crippen LogP contribution >= 0.6 is 11.3 Å². The average molecular weight is 691 g/mol. The molecule has 3 aromatic heterocycles. The molecule has 0 aliphatic rings. The lowest BCUT2D eigenvalue weighted by molar-refractivity contribution is -0.136. The van der Waals surface area contributed by atoms with E-state index in [-0.39, 0.29) is 25.0 Å². The van der Waals surface area contributed by atoms with E-state index in [1.165, 1.54) is 0 Å². The predicted molar refractivity (Wildman–Crippen MR) is 193 cm³/mol. The second-order valence-corrected chi connectivity index (χ2v) is 13.5. The summed E-state index contributed by atoms with van der Waals surface area (Å²) in [6.07, 6.45) is 5.87. The minimum atomic E-state index is -0.879. The van der Waals surface area contributed by atoms with Gasteiger partial charge in [0.2, 0.25) is 11.8 Å². The van der Waals surface area contributed by atoms with Crippen molar-refractivity contribution in [1.82, 2.24) is 19.7 Å². The maximum absolute atomic E-state index is 11.0. The molecule has 10 nitrogen and oxygen atoms in total. The number of hydrogen-bond acceptors (Lipinski definition) is 9. The second kappa shape index (κ2) is 14.8. The van der Waals surface area contributed by atoms with Crippen LogP contribution in [0.1, 0.15) is 59.6 Å². The Bertz CT molecular complexity index is 2110. The number of aryl methyl sites for hydroxylation is 1. The summed E-state index contributed by atoms with van der Waals surface area (Å²) in [6.45, 7) is 8.73. The summed E-state index contributed by atoms with van der Waals surface area (Å²) in [5.74, 6) is 1.78. The third-order valence-corrected chi connectivity index (χ3v) is 9.03. The zero-order chi connectivity index (χ0) is 35.3. The maximum atomic E-state index is 11.0. The summed E-state index contributed by atoms with van der Waals surface area (Å²) in [5, 5.41) is 16.9. The molecular formula is C39H38N4O6S. The fourth-order valence-corrected chi connectivity index (χ4v) is 5.91. The normalized spacial score (nSPS) is 11.6. The molecule has 256 valence electrons. The minimum Gasteiger partial charge on any atom is -0.493 e. The van der Waals surface area contributed by atoms with Crippen LogP contribution in [0.25, 0.3) is 29.3 Å². The first-order valence-corrected chi connectivity index (χ1v) is 16.9. The number of ether oxygens (including phenoxy) is 3. The molecule has 0 bridgehead atoms. The van der Waals surface area contributed by atoms with Crippen molar-refractivity contribution in [2.45, 2.75) is 52.7 Å². The summed E-state index contributed by atoms with van der Waals surface area (Å²) in [7, 11) is 1.59. The van der Waals surface area contributed by atoms with Crippen LogP contribution < -0.4 is 14.2 Å². The van der Waals surface area contributed by atoms with Gasteiger partial charge in [-0.3, -0.25) is 4.79 Å². The Hall–Kier alpha value is -5.68. The van der Waals surface area contributed by atoms with Crippen molar-refractivity contribution >= 4 is 29.5 Å². The SMILES string of the molecule is COc1cc(COc2nn(-c3ccccc3)cc2C=Cc2csc(C(C)(C)C)n2)ccc1OCc1nc(-c2ccc(CC(=O)O)cc2)oc1C. The van der Waals surface area contributed by atoms with Crippen LogP contribution in [-0.2, 0) is 29.8 Å². The van der Waals surface area contributed by atoms with Gasteiger partial charge in [0, 0.05) is 22.6 Å². The lowest BCUT2D eigenvalue weighted by Gasteiger charge is -2.13. The molecule has 11 heteroatoms. The number of carbonyl (C=O) groups is 1. The summed E-state index contributed by atoms with van der Waals surface area (Å²) >= 11 is 1.65. The van der Waals surface area contributed by atoms with Crippen LogP contribution in [-0.4, -0.2) is 37.9 Å². The number of benzene rings is 3. The Kier molecular flexibility index (Phi) is 10.1. The van der Waals surface area contributed by atoms with Gasteiger partial charge in [0.05, 0.1) is 35.5 Å². The standard InChI is InChI=1S/C39H38N4O6S/c1-25-32(41-36(49-25)28-14-11-26(12-15-28)20-35(44)45)23-47-33-18-13-27(19-34(33)46-5)22-48-37-29(21-43(42-37)31-9-7-6-8-10-31)16-17-30-24-50-38(40-30)39(2,3)4/h6-19,21,24H,20,22-23H2,1-5H3,(H,44,45). The molecule has 1 N–H and O–H groups in total. The number of nitrogens with zero attached hydrogens (tertiary/aromatic N) is 4. The number of oxazole rings is 1. The molecule has 3 aromatic carbocycles. The molecule has 0 spiro atoms. The van der Waals surface area contributed by atoms with Gasteiger partial charge in [-0.2, -0.15) is 0 Å². The molecule has 3 heterocycles. The molecule has 6 rings (SSSR count). The number of carboxylic acids is 1. The monoisotopic (exact) mass is 690 g/mol. The van der Waals surface area contributed by atoms with Gasteiger partial charge in [0.25, 0.3) is 0 Å². The smallest absolute Gasteiger partial charge is 0.307 e. The Balaban J connectivity index is 1.14. The number of rotatable bonds is 13. The van der Waals surface area contributed by atoms with E-state index in [0.29, 0.717) is 40.3 Å². The van der Waals surface area contributed by atoms with E-state index in [1.54, 1.807) is 47.4 Å². The topological polar surface area (TPSA) is 122 Å². The summed E-state index contributed by atoms with van der Waals surface area (Å²) in [4.78, 5) is 20.4. The molecule has 0 aliphatic heterocycles. The van der Waals surface area contributed by atoms with Gasteiger partial charge >= 0.3 is 5.97 Å². The first kappa shape index (κ1) is 34.2.